The van der Waals surface area contributed by atoms with E-state index < -0.39 is 12.0 Å². The standard InChI is InChI=1S/C20H31NO2/c1-14(21-18(19(22)23)11-12-20(2,3)4)16-10-9-15-7-5-6-8-17(15)13-16/h9-10,13-14,18,21H,5-8,11-12H2,1-4H3,(H,22,23)/t14-,18?/m1/s1. The highest BCUT2D eigenvalue weighted by molar-refractivity contribution is 5.73. The molecular formula is C20H31NO2. The van der Waals surface area contributed by atoms with E-state index in [1.807, 2.05) is 0 Å². The van der Waals surface area contributed by atoms with Gasteiger partial charge >= 0.3 is 5.97 Å². The molecular weight excluding hydrogens is 286 g/mol. The van der Waals surface area contributed by atoms with Crippen LogP contribution in [0.15, 0.2) is 18.2 Å². The molecule has 2 atom stereocenters. The zero-order valence-electron chi connectivity index (χ0n) is 15.0. The fourth-order valence-corrected chi connectivity index (χ4v) is 3.28. The van der Waals surface area contributed by atoms with Crippen LogP contribution in [-0.4, -0.2) is 17.1 Å². The van der Waals surface area contributed by atoms with Gasteiger partial charge in [0.1, 0.15) is 6.04 Å². The third kappa shape index (κ3) is 5.35. The molecule has 0 amide bonds. The van der Waals surface area contributed by atoms with Gasteiger partial charge in [0.25, 0.3) is 0 Å². The number of aryl methyl sites for hydroxylation is 2. The largest absolute Gasteiger partial charge is 0.480 e. The van der Waals surface area contributed by atoms with Crippen molar-refractivity contribution in [1.29, 1.82) is 0 Å². The number of nitrogens with one attached hydrogen (secondary N) is 1. The van der Waals surface area contributed by atoms with E-state index in [0.717, 1.165) is 12.8 Å². The van der Waals surface area contributed by atoms with E-state index in [9.17, 15) is 9.90 Å². The minimum atomic E-state index is -0.751. The van der Waals surface area contributed by atoms with Gasteiger partial charge < -0.3 is 5.11 Å². The van der Waals surface area contributed by atoms with Gasteiger partial charge in [-0.05, 0) is 67.6 Å². The van der Waals surface area contributed by atoms with Crippen molar-refractivity contribution in [2.45, 2.75) is 78.3 Å². The molecule has 3 nitrogen and oxygen atoms in total. The number of carbonyl (C=O) groups is 1. The van der Waals surface area contributed by atoms with Crippen molar-refractivity contribution in [2.24, 2.45) is 5.41 Å². The van der Waals surface area contributed by atoms with Gasteiger partial charge in [0.2, 0.25) is 0 Å². The molecule has 1 aliphatic carbocycles. The van der Waals surface area contributed by atoms with Crippen molar-refractivity contribution in [2.75, 3.05) is 0 Å². The topological polar surface area (TPSA) is 49.3 Å². The second kappa shape index (κ2) is 7.48. The van der Waals surface area contributed by atoms with Crippen molar-refractivity contribution < 1.29 is 9.90 Å². The summed E-state index contributed by atoms with van der Waals surface area (Å²) in [6, 6.07) is 6.23. The molecule has 0 aliphatic heterocycles. The van der Waals surface area contributed by atoms with E-state index in [1.54, 1.807) is 0 Å². The summed E-state index contributed by atoms with van der Waals surface area (Å²) in [6.07, 6.45) is 6.45. The predicted molar refractivity (Wildman–Crippen MR) is 94.7 cm³/mol. The van der Waals surface area contributed by atoms with E-state index in [2.05, 4.69) is 51.2 Å². The molecule has 0 saturated heterocycles. The fourth-order valence-electron chi connectivity index (χ4n) is 3.28. The number of carboxylic acids is 1. The maximum atomic E-state index is 11.6. The van der Waals surface area contributed by atoms with E-state index in [4.69, 9.17) is 0 Å². The van der Waals surface area contributed by atoms with Gasteiger partial charge in [0.15, 0.2) is 0 Å². The van der Waals surface area contributed by atoms with Crippen molar-refractivity contribution in [1.82, 2.24) is 5.32 Å². The van der Waals surface area contributed by atoms with Crippen LogP contribution in [0.1, 0.15) is 76.1 Å². The molecule has 128 valence electrons. The molecule has 1 aromatic carbocycles. The van der Waals surface area contributed by atoms with Crippen molar-refractivity contribution >= 4 is 5.97 Å². The number of carboxylic acid groups (broad SMARTS) is 1. The van der Waals surface area contributed by atoms with Crippen LogP contribution in [0.4, 0.5) is 0 Å². The first-order valence-electron chi connectivity index (χ1n) is 8.87. The molecule has 2 N–H and O–H groups in total. The summed E-state index contributed by atoms with van der Waals surface area (Å²) in [7, 11) is 0. The summed E-state index contributed by atoms with van der Waals surface area (Å²) in [5.41, 5.74) is 4.27. The van der Waals surface area contributed by atoms with Crippen LogP contribution < -0.4 is 5.32 Å². The molecule has 0 saturated carbocycles. The maximum absolute atomic E-state index is 11.6. The van der Waals surface area contributed by atoms with Crippen LogP contribution in [0.25, 0.3) is 0 Å². The second-order valence-electron chi connectivity index (χ2n) is 8.11. The Kier molecular flexibility index (Phi) is 5.85. The summed E-state index contributed by atoms with van der Waals surface area (Å²) in [6.45, 7) is 8.52. The average molecular weight is 317 g/mol. The average Bonchev–Trinajstić information content (AvgIpc) is 2.49. The van der Waals surface area contributed by atoms with Crippen LogP contribution in [0.3, 0.4) is 0 Å². The Morgan fingerprint density at radius 2 is 1.87 bits per heavy atom. The van der Waals surface area contributed by atoms with Gasteiger partial charge in [-0.15, -0.1) is 0 Å². The molecule has 0 radical (unpaired) electrons. The summed E-state index contributed by atoms with van der Waals surface area (Å²) in [4.78, 5) is 11.6. The Morgan fingerprint density at radius 1 is 1.22 bits per heavy atom. The summed E-state index contributed by atoms with van der Waals surface area (Å²) >= 11 is 0. The number of benzene rings is 1. The quantitative estimate of drug-likeness (QED) is 0.812. The highest BCUT2D eigenvalue weighted by Gasteiger charge is 2.23. The first kappa shape index (κ1) is 18.0. The molecule has 0 spiro atoms. The van der Waals surface area contributed by atoms with Crippen molar-refractivity contribution in [3.8, 4) is 0 Å². The Labute approximate surface area is 140 Å². The maximum Gasteiger partial charge on any atom is 0.320 e. The fraction of sp³-hybridized carbons (Fsp3) is 0.650. The highest BCUT2D eigenvalue weighted by Crippen LogP contribution is 2.26. The third-order valence-electron chi connectivity index (χ3n) is 4.80. The number of hydrogen-bond donors (Lipinski definition) is 2. The second-order valence-corrected chi connectivity index (χ2v) is 8.11. The molecule has 1 aromatic rings. The molecule has 0 bridgehead atoms. The Bertz CT molecular complexity index is 545. The van der Waals surface area contributed by atoms with Crippen LogP contribution in [0, 0.1) is 5.41 Å². The lowest BCUT2D eigenvalue weighted by Gasteiger charge is -2.25. The summed E-state index contributed by atoms with van der Waals surface area (Å²) < 4.78 is 0. The lowest BCUT2D eigenvalue weighted by molar-refractivity contribution is -0.140. The molecule has 1 aliphatic rings. The molecule has 0 fully saturated rings. The van der Waals surface area contributed by atoms with E-state index in [-0.39, 0.29) is 11.5 Å². The van der Waals surface area contributed by atoms with Gasteiger partial charge in [0, 0.05) is 6.04 Å². The van der Waals surface area contributed by atoms with Gasteiger partial charge in [0.05, 0.1) is 0 Å². The third-order valence-corrected chi connectivity index (χ3v) is 4.80. The van der Waals surface area contributed by atoms with Crippen LogP contribution in [-0.2, 0) is 17.6 Å². The van der Waals surface area contributed by atoms with Gasteiger partial charge in [-0.3, -0.25) is 10.1 Å². The van der Waals surface area contributed by atoms with Gasteiger partial charge in [-0.2, -0.15) is 0 Å². The molecule has 2 rings (SSSR count). The number of aliphatic carboxylic acids is 1. The van der Waals surface area contributed by atoms with Crippen LogP contribution in [0.5, 0.6) is 0 Å². The van der Waals surface area contributed by atoms with Crippen molar-refractivity contribution in [3.05, 3.63) is 34.9 Å². The van der Waals surface area contributed by atoms with Crippen LogP contribution in [0.2, 0.25) is 0 Å². The minimum Gasteiger partial charge on any atom is -0.480 e. The zero-order chi connectivity index (χ0) is 17.0. The molecule has 0 aromatic heterocycles. The smallest absolute Gasteiger partial charge is 0.320 e. The van der Waals surface area contributed by atoms with E-state index in [1.165, 1.54) is 36.0 Å². The summed E-state index contributed by atoms with van der Waals surface area (Å²) in [5.74, 6) is -0.751. The highest BCUT2D eigenvalue weighted by atomic mass is 16.4. The monoisotopic (exact) mass is 317 g/mol. The molecule has 23 heavy (non-hydrogen) atoms. The number of fused-ring (bicyclic) bond motifs is 1. The lowest BCUT2D eigenvalue weighted by Crippen LogP contribution is -2.39. The first-order chi connectivity index (χ1) is 10.8. The minimum absolute atomic E-state index is 0.0586. The Balaban J connectivity index is 2.03. The zero-order valence-corrected chi connectivity index (χ0v) is 15.0. The van der Waals surface area contributed by atoms with Gasteiger partial charge in [-0.1, -0.05) is 39.0 Å². The van der Waals surface area contributed by atoms with E-state index >= 15 is 0 Å². The SMILES string of the molecule is C[C@@H](NC(CCC(C)(C)C)C(=O)O)c1ccc2c(c1)CCCC2. The molecule has 3 heteroatoms. The number of hydrogen-bond acceptors (Lipinski definition) is 2. The number of rotatable bonds is 6. The Morgan fingerprint density at radius 3 is 2.48 bits per heavy atom. The summed E-state index contributed by atoms with van der Waals surface area (Å²) in [5, 5.41) is 12.8. The molecule has 0 heterocycles. The van der Waals surface area contributed by atoms with Crippen LogP contribution >= 0.6 is 0 Å². The van der Waals surface area contributed by atoms with E-state index in [0.29, 0.717) is 6.42 Å². The van der Waals surface area contributed by atoms with Gasteiger partial charge in [-0.25, -0.2) is 0 Å². The predicted octanol–water partition coefficient (Wildman–Crippen LogP) is 4.50. The Hall–Kier alpha value is -1.35. The first-order valence-corrected chi connectivity index (χ1v) is 8.87. The molecule has 1 unspecified atom stereocenters. The normalized spacial score (nSPS) is 17.4. The van der Waals surface area contributed by atoms with Crippen molar-refractivity contribution in [3.63, 3.8) is 0 Å². The lowest BCUT2D eigenvalue weighted by atomic mass is 9.88.